The first kappa shape index (κ1) is 26.4. The van der Waals surface area contributed by atoms with Gasteiger partial charge in [-0.1, -0.05) is 26.0 Å². The maximum atomic E-state index is 11.6. The Kier molecular flexibility index (Phi) is 11.0. The third kappa shape index (κ3) is 6.93. The zero-order valence-corrected chi connectivity index (χ0v) is 19.2. The number of methoxy groups -OCH3 is 4. The molecule has 0 aliphatic heterocycles. The highest BCUT2D eigenvalue weighted by molar-refractivity contribution is 5.70. The molecule has 0 amide bonds. The van der Waals surface area contributed by atoms with Crippen LogP contribution >= 0.6 is 0 Å². The summed E-state index contributed by atoms with van der Waals surface area (Å²) in [4.78, 5) is 22.5. The van der Waals surface area contributed by atoms with Crippen LogP contribution in [0.25, 0.3) is 0 Å². The molecule has 1 aromatic rings. The van der Waals surface area contributed by atoms with Crippen molar-refractivity contribution in [3.8, 4) is 11.5 Å². The molecular formula is C22H33NO8. The lowest BCUT2D eigenvalue weighted by molar-refractivity contribution is -0.385. The zero-order valence-electron chi connectivity index (χ0n) is 19.2. The number of nitro groups is 1. The second kappa shape index (κ2) is 12.9. The standard InChI is InChI=1S/C22H33NO8/c1-8-31-21(15(3)20(29-6)14(2)10-9-11-19(24)28-5)17-12-16(27-4)13-18(23(25)26)22(17)30-7/h9-10,12-15,20-21H,8,11H2,1-7H3/t14-,15-,20+,21+/m1/s1. The van der Waals surface area contributed by atoms with Crippen LogP contribution in [0.4, 0.5) is 5.69 Å². The number of nitro benzene ring substituents is 1. The fourth-order valence-electron chi connectivity index (χ4n) is 3.65. The minimum atomic E-state index is -0.560. The van der Waals surface area contributed by atoms with Gasteiger partial charge in [0.2, 0.25) is 5.75 Å². The SMILES string of the molecule is CCO[C@H](c1cc(OC)cc([N+](=O)[O-])c1OC)[C@H](C)[C@@H](OC)[C@H](C)C=CCC(=O)OC. The number of hydrogen-bond acceptors (Lipinski definition) is 8. The maximum Gasteiger partial charge on any atom is 0.315 e. The highest BCUT2D eigenvalue weighted by Gasteiger charge is 2.35. The van der Waals surface area contributed by atoms with Gasteiger partial charge < -0.3 is 23.7 Å². The monoisotopic (exact) mass is 439 g/mol. The summed E-state index contributed by atoms with van der Waals surface area (Å²) in [6.07, 6.45) is 2.92. The molecule has 9 heteroatoms. The molecule has 0 aromatic heterocycles. The molecule has 0 saturated carbocycles. The van der Waals surface area contributed by atoms with E-state index in [0.29, 0.717) is 17.9 Å². The molecule has 0 spiro atoms. The highest BCUT2D eigenvalue weighted by atomic mass is 16.6. The van der Waals surface area contributed by atoms with E-state index >= 15 is 0 Å². The van der Waals surface area contributed by atoms with Gasteiger partial charge in [0.15, 0.2) is 0 Å². The summed E-state index contributed by atoms with van der Waals surface area (Å²) in [5.74, 6) is -0.159. The highest BCUT2D eigenvalue weighted by Crippen LogP contribution is 2.43. The molecule has 1 rings (SSSR count). The molecule has 0 saturated heterocycles. The maximum absolute atomic E-state index is 11.6. The minimum absolute atomic E-state index is 0.0702. The van der Waals surface area contributed by atoms with Gasteiger partial charge in [0.1, 0.15) is 5.75 Å². The molecule has 0 N–H and O–H groups in total. The smallest absolute Gasteiger partial charge is 0.315 e. The van der Waals surface area contributed by atoms with E-state index in [1.165, 1.54) is 27.4 Å². The number of carbonyl (C=O) groups excluding carboxylic acids is 1. The lowest BCUT2D eigenvalue weighted by Gasteiger charge is -2.33. The fourth-order valence-corrected chi connectivity index (χ4v) is 3.65. The number of carbonyl (C=O) groups is 1. The Morgan fingerprint density at radius 1 is 1.16 bits per heavy atom. The lowest BCUT2D eigenvalue weighted by atomic mass is 9.85. The average molecular weight is 440 g/mol. The average Bonchev–Trinajstić information content (AvgIpc) is 2.76. The molecule has 9 nitrogen and oxygen atoms in total. The van der Waals surface area contributed by atoms with Crippen LogP contribution in [-0.2, 0) is 19.0 Å². The summed E-state index contributed by atoms with van der Waals surface area (Å²) in [6, 6.07) is 3.01. The third-order valence-electron chi connectivity index (χ3n) is 5.10. The van der Waals surface area contributed by atoms with E-state index in [2.05, 4.69) is 4.74 Å². The predicted molar refractivity (Wildman–Crippen MR) is 115 cm³/mol. The lowest BCUT2D eigenvalue weighted by Crippen LogP contribution is -2.32. The van der Waals surface area contributed by atoms with Crippen LogP contribution in [0.3, 0.4) is 0 Å². The normalized spacial score (nSPS) is 15.2. The first-order chi connectivity index (χ1) is 14.7. The van der Waals surface area contributed by atoms with E-state index in [4.69, 9.17) is 18.9 Å². The molecule has 0 heterocycles. The molecule has 174 valence electrons. The van der Waals surface area contributed by atoms with Gasteiger partial charge in [-0.05, 0) is 13.0 Å². The van der Waals surface area contributed by atoms with Gasteiger partial charge in [-0.25, -0.2) is 0 Å². The molecule has 0 unspecified atom stereocenters. The Balaban J connectivity index is 3.37. The van der Waals surface area contributed by atoms with Crippen molar-refractivity contribution in [2.24, 2.45) is 11.8 Å². The van der Waals surface area contributed by atoms with Crippen molar-refractivity contribution in [2.75, 3.05) is 35.0 Å². The molecule has 31 heavy (non-hydrogen) atoms. The molecule has 0 aliphatic carbocycles. The number of rotatable bonds is 13. The van der Waals surface area contributed by atoms with Gasteiger partial charge in [0.25, 0.3) is 0 Å². The number of nitrogens with zero attached hydrogens (tertiary/aromatic N) is 1. The van der Waals surface area contributed by atoms with Crippen LogP contribution in [0.5, 0.6) is 11.5 Å². The van der Waals surface area contributed by atoms with E-state index in [-0.39, 0.29) is 41.8 Å². The summed E-state index contributed by atoms with van der Waals surface area (Å²) < 4.78 is 27.1. The van der Waals surface area contributed by atoms with Gasteiger partial charge >= 0.3 is 11.7 Å². The summed E-state index contributed by atoms with van der Waals surface area (Å²) in [5, 5.41) is 11.6. The Bertz CT molecular complexity index is 764. The van der Waals surface area contributed by atoms with Crippen molar-refractivity contribution in [3.63, 3.8) is 0 Å². The van der Waals surface area contributed by atoms with Crippen molar-refractivity contribution >= 4 is 11.7 Å². The zero-order chi connectivity index (χ0) is 23.6. The molecule has 0 bridgehead atoms. The first-order valence-corrected chi connectivity index (χ1v) is 10.0. The fraction of sp³-hybridized carbons (Fsp3) is 0.591. The summed E-state index contributed by atoms with van der Waals surface area (Å²) in [5.41, 5.74) is 0.310. The van der Waals surface area contributed by atoms with Crippen LogP contribution in [0.2, 0.25) is 0 Å². The second-order valence-corrected chi connectivity index (χ2v) is 7.03. The molecular weight excluding hydrogens is 406 g/mol. The Morgan fingerprint density at radius 3 is 2.32 bits per heavy atom. The van der Waals surface area contributed by atoms with Crippen LogP contribution in [0.15, 0.2) is 24.3 Å². The molecule has 0 fully saturated rings. The van der Waals surface area contributed by atoms with E-state index in [9.17, 15) is 14.9 Å². The summed E-state index contributed by atoms with van der Waals surface area (Å²) in [7, 11) is 5.77. The Hall–Kier alpha value is -2.65. The predicted octanol–water partition coefficient (Wildman–Crippen LogP) is 4.10. The number of esters is 1. The van der Waals surface area contributed by atoms with E-state index in [1.54, 1.807) is 19.3 Å². The number of hydrogen-bond donors (Lipinski definition) is 0. The van der Waals surface area contributed by atoms with Gasteiger partial charge in [-0.2, -0.15) is 0 Å². The van der Waals surface area contributed by atoms with Gasteiger partial charge in [0.05, 0.1) is 50.9 Å². The largest absolute Gasteiger partial charge is 0.496 e. The summed E-state index contributed by atoms with van der Waals surface area (Å²) >= 11 is 0. The van der Waals surface area contributed by atoms with Crippen molar-refractivity contribution in [3.05, 3.63) is 40.0 Å². The Labute approximate surface area is 183 Å². The topological polar surface area (TPSA) is 106 Å². The summed E-state index contributed by atoms with van der Waals surface area (Å²) in [6.45, 7) is 6.14. The second-order valence-electron chi connectivity index (χ2n) is 7.03. The van der Waals surface area contributed by atoms with E-state index in [0.717, 1.165) is 0 Å². The minimum Gasteiger partial charge on any atom is -0.496 e. The van der Waals surface area contributed by atoms with Gasteiger partial charge in [-0.3, -0.25) is 14.9 Å². The van der Waals surface area contributed by atoms with Crippen LogP contribution in [-0.4, -0.2) is 52.0 Å². The van der Waals surface area contributed by atoms with Crippen molar-refractivity contribution < 1.29 is 33.4 Å². The molecule has 0 aliphatic rings. The first-order valence-electron chi connectivity index (χ1n) is 10.0. The van der Waals surface area contributed by atoms with Crippen molar-refractivity contribution in [2.45, 2.75) is 39.4 Å². The van der Waals surface area contributed by atoms with Gasteiger partial charge in [0, 0.05) is 31.1 Å². The van der Waals surface area contributed by atoms with Crippen LogP contribution in [0, 0.1) is 22.0 Å². The van der Waals surface area contributed by atoms with Crippen molar-refractivity contribution in [1.29, 1.82) is 0 Å². The Morgan fingerprint density at radius 2 is 1.84 bits per heavy atom. The van der Waals surface area contributed by atoms with E-state index in [1.807, 2.05) is 26.8 Å². The molecule has 4 atom stereocenters. The van der Waals surface area contributed by atoms with Crippen LogP contribution < -0.4 is 9.47 Å². The third-order valence-corrected chi connectivity index (χ3v) is 5.10. The number of ether oxygens (including phenoxy) is 5. The quantitative estimate of drug-likeness (QED) is 0.196. The van der Waals surface area contributed by atoms with Crippen LogP contribution in [0.1, 0.15) is 38.9 Å². The van der Waals surface area contributed by atoms with E-state index < -0.39 is 11.0 Å². The molecule has 1 aromatic carbocycles. The molecule has 0 radical (unpaired) electrons. The van der Waals surface area contributed by atoms with Gasteiger partial charge in [-0.15, -0.1) is 0 Å². The number of benzene rings is 1. The van der Waals surface area contributed by atoms with Crippen molar-refractivity contribution in [1.82, 2.24) is 0 Å².